The minimum atomic E-state index is -3.98. The van der Waals surface area contributed by atoms with Gasteiger partial charge in [-0.3, -0.25) is 9.71 Å². The molecule has 1 aliphatic rings. The summed E-state index contributed by atoms with van der Waals surface area (Å²) < 4.78 is 40.2. The Balaban J connectivity index is 1.64. The van der Waals surface area contributed by atoms with Crippen LogP contribution in [0.15, 0.2) is 29.6 Å². The normalized spacial score (nSPS) is 15.6. The summed E-state index contributed by atoms with van der Waals surface area (Å²) in [6.07, 6.45) is 6.91. The molecule has 1 saturated heterocycles. The van der Waals surface area contributed by atoms with Gasteiger partial charge in [0, 0.05) is 43.4 Å². The second-order valence-electron chi connectivity index (χ2n) is 8.80. The van der Waals surface area contributed by atoms with Crippen LogP contribution in [0.2, 0.25) is 0 Å². The first-order valence-corrected chi connectivity index (χ1v) is 13.8. The van der Waals surface area contributed by atoms with Crippen molar-refractivity contribution in [2.45, 2.75) is 51.5 Å². The Kier molecular flexibility index (Phi) is 7.58. The number of thiazole rings is 1. The number of pyridine rings is 2. The molecule has 1 aliphatic heterocycles. The monoisotopic (exact) mass is 517 g/mol. The Morgan fingerprint density at radius 1 is 1.14 bits per heavy atom. The molecule has 4 heterocycles. The van der Waals surface area contributed by atoms with Crippen LogP contribution in [0.4, 0.5) is 10.8 Å². The highest BCUT2D eigenvalue weighted by Gasteiger charge is 2.25. The summed E-state index contributed by atoms with van der Waals surface area (Å²) in [5.74, 6) is 0.557. The number of methoxy groups -OCH3 is 1. The SMILES string of the molecule is COc1ncc(-c2sc(NC(C)C3CCOCC3)nc2C)cc1S(=O)(=O)Nc1c(C)cncc1C. The van der Waals surface area contributed by atoms with E-state index in [2.05, 4.69) is 26.9 Å². The molecule has 1 atom stereocenters. The zero-order valence-electron chi connectivity index (χ0n) is 20.6. The second kappa shape index (κ2) is 10.5. The molecule has 0 bridgehead atoms. The third-order valence-electron chi connectivity index (χ3n) is 6.25. The van der Waals surface area contributed by atoms with Crippen LogP contribution in [-0.2, 0) is 14.8 Å². The minimum absolute atomic E-state index is 0.0271. The van der Waals surface area contributed by atoms with E-state index in [9.17, 15) is 8.42 Å². The van der Waals surface area contributed by atoms with Crippen molar-refractivity contribution in [3.8, 4) is 16.3 Å². The van der Waals surface area contributed by atoms with Crippen LogP contribution >= 0.6 is 11.3 Å². The van der Waals surface area contributed by atoms with Gasteiger partial charge in [0.2, 0.25) is 5.88 Å². The summed E-state index contributed by atoms with van der Waals surface area (Å²) in [6.45, 7) is 9.28. The van der Waals surface area contributed by atoms with Crippen molar-refractivity contribution < 1.29 is 17.9 Å². The van der Waals surface area contributed by atoms with Gasteiger partial charge in [0.05, 0.1) is 23.4 Å². The maximum Gasteiger partial charge on any atom is 0.267 e. The van der Waals surface area contributed by atoms with Crippen LogP contribution in [0.1, 0.15) is 36.6 Å². The first kappa shape index (κ1) is 25.3. The number of ether oxygens (including phenoxy) is 2. The molecule has 4 rings (SSSR count). The number of hydrogen-bond donors (Lipinski definition) is 2. The van der Waals surface area contributed by atoms with Gasteiger partial charge in [0.1, 0.15) is 4.90 Å². The summed E-state index contributed by atoms with van der Waals surface area (Å²) >= 11 is 1.49. The van der Waals surface area contributed by atoms with Crippen LogP contribution in [0.3, 0.4) is 0 Å². The molecule has 0 spiro atoms. The smallest absolute Gasteiger partial charge is 0.267 e. The maximum absolute atomic E-state index is 13.4. The van der Waals surface area contributed by atoms with Crippen molar-refractivity contribution in [2.75, 3.05) is 30.4 Å². The fraction of sp³-hybridized carbons (Fsp3) is 0.458. The lowest BCUT2D eigenvalue weighted by Gasteiger charge is -2.28. The molecule has 0 radical (unpaired) electrons. The highest BCUT2D eigenvalue weighted by atomic mass is 32.2. The number of hydrogen-bond acceptors (Lipinski definition) is 9. The molecule has 0 amide bonds. The Labute approximate surface area is 210 Å². The number of aryl methyl sites for hydroxylation is 3. The molecular formula is C24H31N5O4S2. The highest BCUT2D eigenvalue weighted by Crippen LogP contribution is 2.37. The van der Waals surface area contributed by atoms with E-state index in [-0.39, 0.29) is 16.8 Å². The molecule has 9 nitrogen and oxygen atoms in total. The molecule has 0 aliphatic carbocycles. The number of rotatable bonds is 8. The standard InChI is InChI=1S/C24H31N5O4S2/c1-14-11-25-12-15(2)21(14)29-35(30,31)20-10-19(13-26-23(20)32-5)22-17(4)28-24(34-22)27-16(3)18-6-8-33-9-7-18/h10-13,16,18H,6-9H2,1-5H3,(H,25,29)(H,27,28). The number of sulfonamides is 1. The molecule has 1 fully saturated rings. The predicted molar refractivity (Wildman–Crippen MR) is 138 cm³/mol. The number of nitrogens with one attached hydrogen (secondary N) is 2. The van der Waals surface area contributed by atoms with Crippen LogP contribution < -0.4 is 14.8 Å². The second-order valence-corrected chi connectivity index (χ2v) is 11.5. The molecule has 3 aromatic heterocycles. The third kappa shape index (κ3) is 5.57. The van der Waals surface area contributed by atoms with E-state index in [4.69, 9.17) is 14.5 Å². The van der Waals surface area contributed by atoms with Crippen molar-refractivity contribution in [2.24, 2.45) is 5.92 Å². The van der Waals surface area contributed by atoms with Crippen LogP contribution in [-0.4, -0.2) is 49.7 Å². The van der Waals surface area contributed by atoms with Crippen molar-refractivity contribution in [3.05, 3.63) is 41.5 Å². The van der Waals surface area contributed by atoms with Crippen LogP contribution in [0, 0.1) is 26.7 Å². The van der Waals surface area contributed by atoms with Gasteiger partial charge in [0.15, 0.2) is 5.13 Å². The Bertz CT molecular complexity index is 1280. The van der Waals surface area contributed by atoms with Crippen LogP contribution in [0.25, 0.3) is 10.4 Å². The lowest BCUT2D eigenvalue weighted by Crippen LogP contribution is -2.30. The van der Waals surface area contributed by atoms with Crippen molar-refractivity contribution >= 4 is 32.2 Å². The molecule has 0 saturated carbocycles. The molecule has 188 valence electrons. The lowest BCUT2D eigenvalue weighted by atomic mass is 9.93. The summed E-state index contributed by atoms with van der Waals surface area (Å²) in [5.41, 5.74) is 3.42. The fourth-order valence-corrected chi connectivity index (χ4v) is 6.60. The van der Waals surface area contributed by atoms with Crippen molar-refractivity contribution in [1.82, 2.24) is 15.0 Å². The largest absolute Gasteiger partial charge is 0.480 e. The molecule has 0 aromatic carbocycles. The zero-order valence-corrected chi connectivity index (χ0v) is 22.2. The van der Waals surface area contributed by atoms with Crippen molar-refractivity contribution in [1.29, 1.82) is 0 Å². The Hall–Kier alpha value is -2.76. The van der Waals surface area contributed by atoms with E-state index in [1.54, 1.807) is 38.5 Å². The topological polar surface area (TPSA) is 115 Å². The predicted octanol–water partition coefficient (Wildman–Crippen LogP) is 4.56. The molecule has 3 aromatic rings. The third-order valence-corrected chi connectivity index (χ3v) is 8.73. The number of nitrogens with zero attached hydrogens (tertiary/aromatic N) is 3. The van der Waals surface area contributed by atoms with Gasteiger partial charge in [-0.15, -0.1) is 0 Å². The number of anilines is 2. The average Bonchev–Trinajstić information content (AvgIpc) is 3.21. The first-order valence-electron chi connectivity index (χ1n) is 11.5. The van der Waals surface area contributed by atoms with Crippen molar-refractivity contribution in [3.63, 3.8) is 0 Å². The zero-order chi connectivity index (χ0) is 25.2. The molecular weight excluding hydrogens is 486 g/mol. The lowest BCUT2D eigenvalue weighted by molar-refractivity contribution is 0.0622. The summed E-state index contributed by atoms with van der Waals surface area (Å²) in [4.78, 5) is 13.9. The maximum atomic E-state index is 13.4. The molecule has 11 heteroatoms. The van der Waals surface area contributed by atoms with E-state index in [1.165, 1.54) is 18.4 Å². The number of aromatic nitrogens is 3. The van der Waals surface area contributed by atoms with E-state index >= 15 is 0 Å². The summed E-state index contributed by atoms with van der Waals surface area (Å²) in [6, 6.07) is 1.85. The van der Waals surface area contributed by atoms with Gasteiger partial charge >= 0.3 is 0 Å². The molecule has 2 N–H and O–H groups in total. The quantitative estimate of drug-likeness (QED) is 0.447. The van der Waals surface area contributed by atoms with Gasteiger partial charge in [-0.05, 0) is 63.6 Å². The van der Waals surface area contributed by atoms with Gasteiger partial charge in [-0.2, -0.15) is 0 Å². The average molecular weight is 518 g/mol. The van der Waals surface area contributed by atoms with Gasteiger partial charge in [0.25, 0.3) is 10.0 Å². The summed E-state index contributed by atoms with van der Waals surface area (Å²) in [7, 11) is -2.58. The first-order chi connectivity index (χ1) is 16.7. The summed E-state index contributed by atoms with van der Waals surface area (Å²) in [5, 5.41) is 4.33. The van der Waals surface area contributed by atoms with Gasteiger partial charge in [-0.1, -0.05) is 11.3 Å². The highest BCUT2D eigenvalue weighted by molar-refractivity contribution is 7.92. The van der Waals surface area contributed by atoms with Crippen LogP contribution in [0.5, 0.6) is 5.88 Å². The molecule has 35 heavy (non-hydrogen) atoms. The van der Waals surface area contributed by atoms with Gasteiger partial charge in [-0.25, -0.2) is 18.4 Å². The fourth-order valence-electron chi connectivity index (χ4n) is 4.21. The molecule has 1 unspecified atom stereocenters. The van der Waals surface area contributed by atoms with E-state index in [1.807, 2.05) is 6.92 Å². The van der Waals surface area contributed by atoms with E-state index < -0.39 is 10.0 Å². The van der Waals surface area contributed by atoms with E-state index in [0.717, 1.165) is 52.9 Å². The van der Waals surface area contributed by atoms with Gasteiger partial charge < -0.3 is 14.8 Å². The minimum Gasteiger partial charge on any atom is -0.480 e. The van der Waals surface area contributed by atoms with E-state index in [0.29, 0.717) is 17.2 Å². The Morgan fingerprint density at radius 2 is 1.83 bits per heavy atom. The Morgan fingerprint density at radius 3 is 2.49 bits per heavy atom.